The van der Waals surface area contributed by atoms with E-state index in [0.29, 0.717) is 30.5 Å². The van der Waals surface area contributed by atoms with Gasteiger partial charge >= 0.3 is 0 Å². The van der Waals surface area contributed by atoms with E-state index in [1.807, 2.05) is 36.4 Å². The first-order chi connectivity index (χ1) is 17.0. The summed E-state index contributed by atoms with van der Waals surface area (Å²) in [5, 5.41) is 0. The molecule has 0 spiro atoms. The average molecular weight is 474 g/mol. The van der Waals surface area contributed by atoms with Crippen molar-refractivity contribution < 1.29 is 13.9 Å². The Hall–Kier alpha value is -3.15. The number of benzene rings is 2. The van der Waals surface area contributed by atoms with Gasteiger partial charge in [-0.2, -0.15) is 0 Å². The van der Waals surface area contributed by atoms with Gasteiger partial charge < -0.3 is 14.2 Å². The first-order valence-corrected chi connectivity index (χ1v) is 12.8. The molecule has 2 saturated carbocycles. The van der Waals surface area contributed by atoms with Crippen LogP contribution in [0.25, 0.3) is 0 Å². The standard InChI is InChI=1S/C29H32FN3O2/c1-18-13-23(7-8-26(18)30)19(2)33-11-9-24-25(29(33)34)14-21(15-27(24)35-17-20-3-4-20)16-32-12-10-31-28(32)22-5-6-22/h7-8,10,12-15,19-20,22H,3-6,9,11,16-17H2,1-2H3/t19-/m0/s1. The molecule has 0 bridgehead atoms. The van der Waals surface area contributed by atoms with Gasteiger partial charge in [-0.3, -0.25) is 4.79 Å². The zero-order valence-corrected chi connectivity index (χ0v) is 20.5. The van der Waals surface area contributed by atoms with E-state index < -0.39 is 0 Å². The third-order valence-corrected chi connectivity index (χ3v) is 7.71. The highest BCUT2D eigenvalue weighted by atomic mass is 19.1. The normalized spacial score (nSPS) is 18.5. The van der Waals surface area contributed by atoms with Crippen LogP contribution in [-0.4, -0.2) is 33.5 Å². The Morgan fingerprint density at radius 2 is 2.00 bits per heavy atom. The Bertz CT molecular complexity index is 1270. The lowest BCUT2D eigenvalue weighted by atomic mass is 9.93. The van der Waals surface area contributed by atoms with E-state index in [1.165, 1.54) is 31.7 Å². The van der Waals surface area contributed by atoms with Gasteiger partial charge in [-0.15, -0.1) is 0 Å². The molecule has 0 unspecified atom stereocenters. The number of aryl methyl sites for hydroxylation is 1. The number of fused-ring (bicyclic) bond motifs is 1. The highest BCUT2D eigenvalue weighted by Gasteiger charge is 2.33. The zero-order valence-electron chi connectivity index (χ0n) is 20.5. The third kappa shape index (κ3) is 4.46. The SMILES string of the molecule is Cc1cc([C@H](C)N2CCc3c(OCC4CC4)cc(Cn4ccnc4C4CC4)cc3C2=O)ccc1F. The van der Waals surface area contributed by atoms with Crippen LogP contribution in [0.2, 0.25) is 0 Å². The summed E-state index contributed by atoms with van der Waals surface area (Å²) < 4.78 is 22.3. The molecule has 1 aromatic heterocycles. The predicted molar refractivity (Wildman–Crippen MR) is 132 cm³/mol. The van der Waals surface area contributed by atoms with Crippen LogP contribution >= 0.6 is 0 Å². The molecule has 35 heavy (non-hydrogen) atoms. The van der Waals surface area contributed by atoms with Crippen LogP contribution in [0.3, 0.4) is 0 Å². The number of amides is 1. The Labute approximate surface area is 205 Å². The molecule has 5 nitrogen and oxygen atoms in total. The van der Waals surface area contributed by atoms with Crippen LogP contribution in [0.4, 0.5) is 4.39 Å². The minimum atomic E-state index is -0.219. The molecule has 6 rings (SSSR count). The molecular weight excluding hydrogens is 441 g/mol. The fraction of sp³-hybridized carbons (Fsp3) is 0.448. The molecule has 1 amide bonds. The molecule has 2 fully saturated rings. The molecule has 2 aromatic carbocycles. The second-order valence-corrected chi connectivity index (χ2v) is 10.5. The van der Waals surface area contributed by atoms with Gasteiger partial charge in [-0.25, -0.2) is 9.37 Å². The van der Waals surface area contributed by atoms with Gasteiger partial charge in [-0.1, -0.05) is 12.1 Å². The van der Waals surface area contributed by atoms with Crippen LogP contribution in [0.5, 0.6) is 5.75 Å². The van der Waals surface area contributed by atoms with Crippen molar-refractivity contribution >= 4 is 5.91 Å². The first kappa shape index (κ1) is 22.3. The first-order valence-electron chi connectivity index (χ1n) is 12.8. The number of carbonyl (C=O) groups excluding carboxylic acids is 1. The van der Waals surface area contributed by atoms with Gasteiger partial charge in [0.15, 0.2) is 0 Å². The number of rotatable bonds is 8. The second kappa shape index (κ2) is 8.81. The molecule has 0 saturated heterocycles. The topological polar surface area (TPSA) is 47.4 Å². The Morgan fingerprint density at radius 1 is 1.17 bits per heavy atom. The molecule has 2 heterocycles. The number of nitrogens with zero attached hydrogens (tertiary/aromatic N) is 3. The number of hydrogen-bond donors (Lipinski definition) is 0. The van der Waals surface area contributed by atoms with Crippen molar-refractivity contribution in [2.75, 3.05) is 13.2 Å². The number of carbonyl (C=O) groups is 1. The highest BCUT2D eigenvalue weighted by Crippen LogP contribution is 2.40. The minimum absolute atomic E-state index is 0.0203. The van der Waals surface area contributed by atoms with Crippen LogP contribution < -0.4 is 4.74 Å². The maximum Gasteiger partial charge on any atom is 0.254 e. The molecule has 3 aromatic rings. The number of ether oxygens (including phenoxy) is 1. The molecule has 0 N–H and O–H groups in total. The van der Waals surface area contributed by atoms with Gasteiger partial charge in [0.1, 0.15) is 17.4 Å². The maximum atomic E-state index is 13.8. The molecule has 6 heteroatoms. The lowest BCUT2D eigenvalue weighted by Crippen LogP contribution is -2.39. The van der Waals surface area contributed by atoms with Crippen molar-refractivity contribution in [3.63, 3.8) is 0 Å². The lowest BCUT2D eigenvalue weighted by Gasteiger charge is -2.35. The van der Waals surface area contributed by atoms with E-state index in [0.717, 1.165) is 46.9 Å². The fourth-order valence-electron chi connectivity index (χ4n) is 5.18. The number of aromatic nitrogens is 2. The van der Waals surface area contributed by atoms with Gasteiger partial charge in [0.25, 0.3) is 5.91 Å². The predicted octanol–water partition coefficient (Wildman–Crippen LogP) is 5.80. The summed E-state index contributed by atoms with van der Waals surface area (Å²) in [4.78, 5) is 20.3. The van der Waals surface area contributed by atoms with Crippen molar-refractivity contribution in [3.05, 3.63) is 82.2 Å². The fourth-order valence-corrected chi connectivity index (χ4v) is 5.18. The maximum absolute atomic E-state index is 13.8. The minimum Gasteiger partial charge on any atom is -0.493 e. The third-order valence-electron chi connectivity index (χ3n) is 7.71. The summed E-state index contributed by atoms with van der Waals surface area (Å²) in [6.07, 6.45) is 9.51. The van der Waals surface area contributed by atoms with Crippen molar-refractivity contribution in [2.45, 2.75) is 64.5 Å². The summed E-state index contributed by atoms with van der Waals surface area (Å²) in [7, 11) is 0. The van der Waals surface area contributed by atoms with E-state index in [4.69, 9.17) is 4.74 Å². The highest BCUT2D eigenvalue weighted by molar-refractivity contribution is 5.98. The largest absolute Gasteiger partial charge is 0.493 e. The molecule has 0 radical (unpaired) electrons. The van der Waals surface area contributed by atoms with Gasteiger partial charge in [0.2, 0.25) is 0 Å². The molecule has 182 valence electrons. The summed E-state index contributed by atoms with van der Waals surface area (Å²) >= 11 is 0. The van der Waals surface area contributed by atoms with Gasteiger partial charge in [-0.05, 0) is 86.8 Å². The summed E-state index contributed by atoms with van der Waals surface area (Å²) in [5.74, 6) is 3.00. The second-order valence-electron chi connectivity index (χ2n) is 10.5. The van der Waals surface area contributed by atoms with E-state index in [2.05, 4.69) is 15.6 Å². The van der Waals surface area contributed by atoms with Crippen molar-refractivity contribution in [1.82, 2.24) is 14.5 Å². The summed E-state index contributed by atoms with van der Waals surface area (Å²) in [6, 6.07) is 9.18. The Morgan fingerprint density at radius 3 is 2.74 bits per heavy atom. The molecule has 3 aliphatic rings. The summed E-state index contributed by atoms with van der Waals surface area (Å²) in [6.45, 7) is 5.81. The van der Waals surface area contributed by atoms with Gasteiger partial charge in [0, 0.05) is 42.5 Å². The number of halogens is 1. The van der Waals surface area contributed by atoms with E-state index in [1.54, 1.807) is 13.0 Å². The Balaban J connectivity index is 1.32. The van der Waals surface area contributed by atoms with Crippen molar-refractivity contribution in [2.24, 2.45) is 5.92 Å². The van der Waals surface area contributed by atoms with Crippen LogP contribution in [0, 0.1) is 18.7 Å². The zero-order chi connectivity index (χ0) is 24.1. The van der Waals surface area contributed by atoms with Crippen LogP contribution in [-0.2, 0) is 13.0 Å². The molecule has 2 aliphatic carbocycles. The monoisotopic (exact) mass is 473 g/mol. The van der Waals surface area contributed by atoms with E-state index in [9.17, 15) is 9.18 Å². The van der Waals surface area contributed by atoms with Crippen molar-refractivity contribution in [3.8, 4) is 5.75 Å². The molecule has 1 aliphatic heterocycles. The van der Waals surface area contributed by atoms with Crippen LogP contribution in [0.1, 0.15) is 83.0 Å². The van der Waals surface area contributed by atoms with E-state index in [-0.39, 0.29) is 17.8 Å². The molecule has 1 atom stereocenters. The van der Waals surface area contributed by atoms with E-state index >= 15 is 0 Å². The quantitative estimate of drug-likeness (QED) is 0.415. The molecular formula is C29H32FN3O2. The summed E-state index contributed by atoms with van der Waals surface area (Å²) in [5.41, 5.74) is 4.37. The van der Waals surface area contributed by atoms with Crippen LogP contribution in [0.15, 0.2) is 42.7 Å². The number of hydrogen-bond acceptors (Lipinski definition) is 3. The number of imidazole rings is 1. The average Bonchev–Trinajstić information content (AvgIpc) is 3.79. The Kier molecular flexibility index (Phi) is 5.62. The van der Waals surface area contributed by atoms with Gasteiger partial charge in [0.05, 0.1) is 12.6 Å². The smallest absolute Gasteiger partial charge is 0.254 e. The lowest BCUT2D eigenvalue weighted by molar-refractivity contribution is 0.0670. The van der Waals surface area contributed by atoms with Crippen molar-refractivity contribution in [1.29, 1.82) is 0 Å².